The van der Waals surface area contributed by atoms with Gasteiger partial charge in [0.05, 0.1) is 12.7 Å². The number of carbonyl (C=O) groups excluding carboxylic acids is 3. The van der Waals surface area contributed by atoms with Crippen LogP contribution in [0.5, 0.6) is 0 Å². The molecule has 1 N–H and O–H groups in total. The van der Waals surface area contributed by atoms with Crippen molar-refractivity contribution in [2.75, 3.05) is 13.7 Å². The van der Waals surface area contributed by atoms with Crippen LogP contribution in [0.25, 0.3) is 6.08 Å². The van der Waals surface area contributed by atoms with E-state index in [1.54, 1.807) is 30.3 Å². The number of rotatable bonds is 9. The summed E-state index contributed by atoms with van der Waals surface area (Å²) < 4.78 is 10.4. The van der Waals surface area contributed by atoms with Crippen LogP contribution in [-0.2, 0) is 20.8 Å². The van der Waals surface area contributed by atoms with Gasteiger partial charge in [-0.15, -0.1) is 0 Å². The largest absolute Gasteiger partial charge is 0.465 e. The number of benzene rings is 2. The minimum Gasteiger partial charge on any atom is -0.465 e. The number of ether oxygens (including phenoxy) is 2. The molecule has 2 aromatic carbocycles. The summed E-state index contributed by atoms with van der Waals surface area (Å²) in [4.78, 5) is 38.5. The van der Waals surface area contributed by atoms with Crippen LogP contribution in [0.4, 0.5) is 4.79 Å². The van der Waals surface area contributed by atoms with Gasteiger partial charge >= 0.3 is 12.1 Å². The third-order valence-corrected chi connectivity index (χ3v) is 6.57. The molecule has 0 unspecified atom stereocenters. The molecule has 2 aliphatic rings. The van der Waals surface area contributed by atoms with E-state index in [9.17, 15) is 14.4 Å². The highest BCUT2D eigenvalue weighted by molar-refractivity contribution is 5.91. The summed E-state index contributed by atoms with van der Waals surface area (Å²) >= 11 is 0. The molecule has 0 aromatic heterocycles. The van der Waals surface area contributed by atoms with Gasteiger partial charge in [0.1, 0.15) is 5.60 Å². The van der Waals surface area contributed by atoms with Crippen LogP contribution >= 0.6 is 0 Å². The van der Waals surface area contributed by atoms with Gasteiger partial charge < -0.3 is 19.7 Å². The van der Waals surface area contributed by atoms with E-state index in [1.807, 2.05) is 37.8 Å². The lowest BCUT2D eigenvalue weighted by Crippen LogP contribution is -2.40. The average molecular weight is 505 g/mol. The Morgan fingerprint density at radius 1 is 1.03 bits per heavy atom. The first-order valence-corrected chi connectivity index (χ1v) is 12.9. The predicted octanol–water partition coefficient (Wildman–Crippen LogP) is 5.31. The van der Waals surface area contributed by atoms with Crippen molar-refractivity contribution < 1.29 is 23.9 Å². The summed E-state index contributed by atoms with van der Waals surface area (Å²) in [6, 6.07) is 15.3. The maximum Gasteiger partial charge on any atom is 0.410 e. The van der Waals surface area contributed by atoms with Gasteiger partial charge in [-0.2, -0.15) is 0 Å². The van der Waals surface area contributed by atoms with Crippen molar-refractivity contribution in [2.24, 2.45) is 5.92 Å². The summed E-state index contributed by atoms with van der Waals surface area (Å²) in [5, 5.41) is 2.85. The quantitative estimate of drug-likeness (QED) is 0.370. The molecule has 7 heteroatoms. The first-order valence-electron chi connectivity index (χ1n) is 12.9. The van der Waals surface area contributed by atoms with Gasteiger partial charge in [0.25, 0.3) is 0 Å². The molecule has 196 valence electrons. The molecule has 2 saturated carbocycles. The standard InChI is InChI=1S/C30H36N2O5/c1-30(2,3)37-29(35)32(19-22-5-6-22)26-17-25(26)23-12-7-20(8-13-23)11-16-27(33)31-18-21-9-14-24(15-10-21)28(34)36-4/h7-16,22,25-26H,5-6,17-19H2,1-4H3,(H,31,33)/b16-11+/t25-,26+/m1/s1. The van der Waals surface area contributed by atoms with E-state index >= 15 is 0 Å². The van der Waals surface area contributed by atoms with E-state index in [-0.39, 0.29) is 24.0 Å². The average Bonchev–Trinajstić information content (AvgIpc) is 3.79. The van der Waals surface area contributed by atoms with E-state index in [0.29, 0.717) is 23.9 Å². The minimum atomic E-state index is -0.501. The highest BCUT2D eigenvalue weighted by atomic mass is 16.6. The fraction of sp³-hybridized carbons (Fsp3) is 0.433. The van der Waals surface area contributed by atoms with Crippen molar-refractivity contribution in [2.45, 2.75) is 64.1 Å². The molecular formula is C30H36N2O5. The van der Waals surface area contributed by atoms with Crippen molar-refractivity contribution >= 4 is 24.0 Å². The smallest absolute Gasteiger partial charge is 0.410 e. The Morgan fingerprint density at radius 2 is 1.70 bits per heavy atom. The van der Waals surface area contributed by atoms with Gasteiger partial charge in [-0.25, -0.2) is 9.59 Å². The summed E-state index contributed by atoms with van der Waals surface area (Å²) in [5.41, 5.74) is 2.99. The molecule has 0 heterocycles. The van der Waals surface area contributed by atoms with Crippen molar-refractivity contribution in [3.05, 3.63) is 76.9 Å². The SMILES string of the molecule is COC(=O)c1ccc(CNC(=O)/C=C/c2ccc([C@H]3C[C@@H]3N(CC3CC3)C(=O)OC(C)(C)C)cc2)cc1. The molecule has 0 aliphatic heterocycles. The molecule has 0 radical (unpaired) electrons. The molecule has 0 spiro atoms. The Kier molecular flexibility index (Phi) is 8.00. The Hall–Kier alpha value is -3.61. The van der Waals surface area contributed by atoms with Crippen molar-refractivity contribution in [3.63, 3.8) is 0 Å². The second-order valence-corrected chi connectivity index (χ2v) is 10.9. The monoisotopic (exact) mass is 504 g/mol. The summed E-state index contributed by atoms with van der Waals surface area (Å²) in [6.07, 6.45) is 6.41. The lowest BCUT2D eigenvalue weighted by molar-refractivity contribution is -0.116. The lowest BCUT2D eigenvalue weighted by Gasteiger charge is -2.28. The second-order valence-electron chi connectivity index (χ2n) is 10.9. The number of esters is 1. The Bertz CT molecular complexity index is 1140. The molecule has 4 rings (SSSR count). The number of carbonyl (C=O) groups is 3. The lowest BCUT2D eigenvalue weighted by atomic mass is 10.1. The van der Waals surface area contributed by atoms with E-state index in [4.69, 9.17) is 9.47 Å². The first kappa shape index (κ1) is 26.5. The van der Waals surface area contributed by atoms with Gasteiger partial charge in [0.15, 0.2) is 0 Å². The number of hydrogen-bond acceptors (Lipinski definition) is 5. The number of nitrogens with zero attached hydrogens (tertiary/aromatic N) is 1. The van der Waals surface area contributed by atoms with Crippen LogP contribution in [0.2, 0.25) is 0 Å². The highest BCUT2D eigenvalue weighted by Gasteiger charge is 2.47. The van der Waals surface area contributed by atoms with Crippen LogP contribution in [0.15, 0.2) is 54.6 Å². The molecule has 37 heavy (non-hydrogen) atoms. The molecule has 2 aromatic rings. The van der Waals surface area contributed by atoms with Gasteiger partial charge in [-0.05, 0) is 80.9 Å². The maximum atomic E-state index is 12.8. The number of methoxy groups -OCH3 is 1. The van der Waals surface area contributed by atoms with Gasteiger partial charge in [0.2, 0.25) is 5.91 Å². The maximum absolute atomic E-state index is 12.8. The topological polar surface area (TPSA) is 84.9 Å². The van der Waals surface area contributed by atoms with Gasteiger partial charge in [-0.1, -0.05) is 36.4 Å². The third kappa shape index (κ3) is 7.68. The number of nitrogens with one attached hydrogen (secondary N) is 1. The number of hydrogen-bond donors (Lipinski definition) is 1. The van der Waals surface area contributed by atoms with Crippen molar-refractivity contribution in [1.82, 2.24) is 10.2 Å². The minimum absolute atomic E-state index is 0.185. The van der Waals surface area contributed by atoms with Crippen LogP contribution in [0.3, 0.4) is 0 Å². The van der Waals surface area contributed by atoms with Crippen molar-refractivity contribution in [3.8, 4) is 0 Å². The number of amides is 2. The second kappa shape index (κ2) is 11.2. The molecule has 2 atom stereocenters. The van der Waals surface area contributed by atoms with E-state index in [1.165, 1.54) is 31.6 Å². The summed E-state index contributed by atoms with van der Waals surface area (Å²) in [5.74, 6) is 0.335. The third-order valence-electron chi connectivity index (χ3n) is 6.57. The van der Waals surface area contributed by atoms with Crippen LogP contribution < -0.4 is 5.32 Å². The fourth-order valence-electron chi connectivity index (χ4n) is 4.28. The normalized spacial score (nSPS) is 18.8. The Balaban J connectivity index is 1.28. The van der Waals surface area contributed by atoms with Crippen molar-refractivity contribution in [1.29, 1.82) is 0 Å². The van der Waals surface area contributed by atoms with Crippen LogP contribution in [0.1, 0.15) is 73.0 Å². The van der Waals surface area contributed by atoms with E-state index in [2.05, 4.69) is 17.4 Å². The van der Waals surface area contributed by atoms with Gasteiger partial charge in [0, 0.05) is 31.1 Å². The van der Waals surface area contributed by atoms with Crippen LogP contribution in [0, 0.1) is 5.92 Å². The summed E-state index contributed by atoms with van der Waals surface area (Å²) in [7, 11) is 1.34. The summed E-state index contributed by atoms with van der Waals surface area (Å²) in [6.45, 7) is 6.85. The Morgan fingerprint density at radius 3 is 2.30 bits per heavy atom. The predicted molar refractivity (Wildman–Crippen MR) is 142 cm³/mol. The molecule has 2 fully saturated rings. The molecule has 0 bridgehead atoms. The van der Waals surface area contributed by atoms with E-state index < -0.39 is 5.60 Å². The molecule has 2 amide bonds. The highest BCUT2D eigenvalue weighted by Crippen LogP contribution is 2.46. The zero-order chi connectivity index (χ0) is 26.6. The van der Waals surface area contributed by atoms with Crippen LogP contribution in [-0.4, -0.2) is 48.2 Å². The van der Waals surface area contributed by atoms with E-state index in [0.717, 1.165) is 24.1 Å². The zero-order valence-electron chi connectivity index (χ0n) is 22.0. The zero-order valence-corrected chi connectivity index (χ0v) is 22.0. The molecule has 0 saturated heterocycles. The van der Waals surface area contributed by atoms with Gasteiger partial charge in [-0.3, -0.25) is 4.79 Å². The first-order chi connectivity index (χ1) is 17.6. The molecular weight excluding hydrogens is 468 g/mol. The molecule has 7 nitrogen and oxygen atoms in total. The fourth-order valence-corrected chi connectivity index (χ4v) is 4.28. The Labute approximate surface area is 218 Å². The molecule has 2 aliphatic carbocycles.